The lowest BCUT2D eigenvalue weighted by molar-refractivity contribution is -0.132. The standard InChI is InChI=1S/C18H13FO4/c1-10(20)22-17-13-5-3-4-6-14(13)18(23-11(2)21)16-9-12(19)7-8-15(16)17/h3-9H,1-2H3. The first-order chi connectivity index (χ1) is 11.0. The molecule has 0 atom stereocenters. The first-order valence-electron chi connectivity index (χ1n) is 6.98. The third kappa shape index (κ3) is 2.73. The molecule has 0 saturated heterocycles. The van der Waals surface area contributed by atoms with Crippen LogP contribution in [0.15, 0.2) is 42.5 Å². The van der Waals surface area contributed by atoms with Crippen LogP contribution in [-0.4, -0.2) is 11.9 Å². The molecule has 0 saturated carbocycles. The normalized spacial score (nSPS) is 10.7. The molecular formula is C18H13FO4. The van der Waals surface area contributed by atoms with Gasteiger partial charge in [0.1, 0.15) is 17.3 Å². The summed E-state index contributed by atoms with van der Waals surface area (Å²) in [5.41, 5.74) is 0. The van der Waals surface area contributed by atoms with Crippen molar-refractivity contribution < 1.29 is 23.5 Å². The summed E-state index contributed by atoms with van der Waals surface area (Å²) in [5.74, 6) is -0.908. The molecule has 0 spiro atoms. The third-order valence-electron chi connectivity index (χ3n) is 3.38. The largest absolute Gasteiger partial charge is 0.425 e. The van der Waals surface area contributed by atoms with Gasteiger partial charge in [-0.1, -0.05) is 24.3 Å². The lowest BCUT2D eigenvalue weighted by Crippen LogP contribution is -2.06. The maximum atomic E-state index is 13.7. The van der Waals surface area contributed by atoms with Crippen LogP contribution in [0.5, 0.6) is 11.5 Å². The Bertz CT molecular complexity index is 947. The van der Waals surface area contributed by atoms with Gasteiger partial charge in [-0.25, -0.2) is 4.39 Å². The van der Waals surface area contributed by atoms with Crippen LogP contribution >= 0.6 is 0 Å². The van der Waals surface area contributed by atoms with E-state index in [4.69, 9.17) is 9.47 Å². The summed E-state index contributed by atoms with van der Waals surface area (Å²) in [7, 11) is 0. The zero-order valence-corrected chi connectivity index (χ0v) is 12.6. The molecule has 5 heteroatoms. The van der Waals surface area contributed by atoms with Gasteiger partial charge in [0.05, 0.1) is 0 Å². The highest BCUT2D eigenvalue weighted by molar-refractivity contribution is 6.12. The van der Waals surface area contributed by atoms with Gasteiger partial charge < -0.3 is 9.47 Å². The van der Waals surface area contributed by atoms with E-state index in [0.29, 0.717) is 27.3 Å². The van der Waals surface area contributed by atoms with E-state index in [1.807, 2.05) is 0 Å². The molecule has 0 unspecified atom stereocenters. The monoisotopic (exact) mass is 312 g/mol. The molecule has 0 fully saturated rings. The quantitative estimate of drug-likeness (QED) is 0.408. The highest BCUT2D eigenvalue weighted by Gasteiger charge is 2.18. The lowest BCUT2D eigenvalue weighted by Gasteiger charge is -2.15. The molecule has 0 aliphatic rings. The van der Waals surface area contributed by atoms with E-state index in [1.165, 1.54) is 32.0 Å². The minimum Gasteiger partial charge on any atom is -0.425 e. The Morgan fingerprint density at radius 3 is 1.78 bits per heavy atom. The van der Waals surface area contributed by atoms with E-state index in [-0.39, 0.29) is 5.75 Å². The van der Waals surface area contributed by atoms with Crippen molar-refractivity contribution in [3.05, 3.63) is 48.3 Å². The number of esters is 2. The molecule has 0 heterocycles. The van der Waals surface area contributed by atoms with E-state index in [1.54, 1.807) is 24.3 Å². The molecule has 0 radical (unpaired) electrons. The molecule has 116 valence electrons. The van der Waals surface area contributed by atoms with Crippen LogP contribution in [0, 0.1) is 5.82 Å². The molecule has 4 nitrogen and oxygen atoms in total. The SMILES string of the molecule is CC(=O)Oc1c2ccccc2c(OC(C)=O)c2cc(F)ccc12. The Morgan fingerprint density at radius 2 is 1.26 bits per heavy atom. The summed E-state index contributed by atoms with van der Waals surface area (Å²) in [4.78, 5) is 22.9. The zero-order valence-electron chi connectivity index (χ0n) is 12.6. The maximum Gasteiger partial charge on any atom is 0.308 e. The second-order valence-corrected chi connectivity index (χ2v) is 5.08. The van der Waals surface area contributed by atoms with Crippen LogP contribution < -0.4 is 9.47 Å². The van der Waals surface area contributed by atoms with Crippen LogP contribution in [0.3, 0.4) is 0 Å². The molecule has 3 aromatic carbocycles. The van der Waals surface area contributed by atoms with Crippen molar-refractivity contribution in [1.29, 1.82) is 0 Å². The number of hydrogen-bond acceptors (Lipinski definition) is 4. The van der Waals surface area contributed by atoms with Gasteiger partial charge in [0.25, 0.3) is 0 Å². The van der Waals surface area contributed by atoms with Gasteiger partial charge in [0.15, 0.2) is 0 Å². The summed E-state index contributed by atoms with van der Waals surface area (Å²) >= 11 is 0. The second kappa shape index (κ2) is 5.68. The molecular weight excluding hydrogens is 299 g/mol. The minimum absolute atomic E-state index is 0.249. The Kier molecular flexibility index (Phi) is 3.70. The van der Waals surface area contributed by atoms with Crippen LogP contribution in [0.1, 0.15) is 13.8 Å². The number of fused-ring (bicyclic) bond motifs is 2. The molecule has 0 amide bonds. The van der Waals surface area contributed by atoms with Crippen molar-refractivity contribution in [2.45, 2.75) is 13.8 Å². The number of ether oxygens (including phenoxy) is 2. The number of benzene rings is 3. The van der Waals surface area contributed by atoms with Gasteiger partial charge >= 0.3 is 11.9 Å². The van der Waals surface area contributed by atoms with Crippen molar-refractivity contribution in [3.8, 4) is 11.5 Å². The van der Waals surface area contributed by atoms with Crippen LogP contribution in [0.2, 0.25) is 0 Å². The summed E-state index contributed by atoms with van der Waals surface area (Å²) in [6.45, 7) is 2.57. The molecule has 0 bridgehead atoms. The number of hydrogen-bond donors (Lipinski definition) is 0. The van der Waals surface area contributed by atoms with Crippen molar-refractivity contribution in [2.24, 2.45) is 0 Å². The maximum absolute atomic E-state index is 13.7. The molecule has 0 aromatic heterocycles. The molecule has 0 N–H and O–H groups in total. The molecule has 0 aliphatic heterocycles. The fourth-order valence-corrected chi connectivity index (χ4v) is 2.58. The third-order valence-corrected chi connectivity index (χ3v) is 3.38. The number of halogens is 1. The van der Waals surface area contributed by atoms with Gasteiger partial charge in [-0.2, -0.15) is 0 Å². The Morgan fingerprint density at radius 1 is 0.783 bits per heavy atom. The summed E-state index contributed by atoms with van der Waals surface area (Å²) in [6, 6.07) is 11.0. The Hall–Kier alpha value is -2.95. The van der Waals surface area contributed by atoms with E-state index in [9.17, 15) is 14.0 Å². The van der Waals surface area contributed by atoms with Crippen molar-refractivity contribution in [1.82, 2.24) is 0 Å². The van der Waals surface area contributed by atoms with Crippen LogP contribution in [-0.2, 0) is 9.59 Å². The highest BCUT2D eigenvalue weighted by Crippen LogP contribution is 2.43. The summed E-state index contributed by atoms with van der Waals surface area (Å²) in [5, 5.41) is 2.04. The lowest BCUT2D eigenvalue weighted by atomic mass is 10.0. The van der Waals surface area contributed by atoms with Crippen molar-refractivity contribution >= 4 is 33.5 Å². The molecule has 0 aliphatic carbocycles. The smallest absolute Gasteiger partial charge is 0.308 e. The van der Waals surface area contributed by atoms with E-state index in [2.05, 4.69) is 0 Å². The molecule has 3 aromatic rings. The van der Waals surface area contributed by atoms with Crippen LogP contribution in [0.25, 0.3) is 21.5 Å². The van der Waals surface area contributed by atoms with E-state index in [0.717, 1.165) is 0 Å². The average molecular weight is 312 g/mol. The predicted molar refractivity (Wildman–Crippen MR) is 84.0 cm³/mol. The minimum atomic E-state index is -0.513. The number of carbonyl (C=O) groups excluding carboxylic acids is 2. The molecule has 23 heavy (non-hydrogen) atoms. The predicted octanol–water partition coefficient (Wildman–Crippen LogP) is 3.98. The summed E-state index contributed by atoms with van der Waals surface area (Å²) in [6.07, 6.45) is 0. The first kappa shape index (κ1) is 15.0. The van der Waals surface area contributed by atoms with Crippen molar-refractivity contribution in [2.75, 3.05) is 0 Å². The Balaban J connectivity index is 2.50. The zero-order chi connectivity index (χ0) is 16.6. The van der Waals surface area contributed by atoms with Gasteiger partial charge in [-0.05, 0) is 18.2 Å². The second-order valence-electron chi connectivity index (χ2n) is 5.08. The van der Waals surface area contributed by atoms with E-state index >= 15 is 0 Å². The van der Waals surface area contributed by atoms with E-state index < -0.39 is 17.8 Å². The van der Waals surface area contributed by atoms with Crippen molar-refractivity contribution in [3.63, 3.8) is 0 Å². The molecule has 3 rings (SSSR count). The fraction of sp³-hybridized carbons (Fsp3) is 0.111. The van der Waals surface area contributed by atoms with Gasteiger partial charge in [-0.15, -0.1) is 0 Å². The Labute approximate surface area is 131 Å². The van der Waals surface area contributed by atoms with Crippen LogP contribution in [0.4, 0.5) is 4.39 Å². The number of rotatable bonds is 2. The number of carbonyl (C=O) groups is 2. The average Bonchev–Trinajstić information content (AvgIpc) is 2.49. The topological polar surface area (TPSA) is 52.6 Å². The first-order valence-corrected chi connectivity index (χ1v) is 6.98. The fourth-order valence-electron chi connectivity index (χ4n) is 2.58. The van der Waals surface area contributed by atoms with Gasteiger partial charge in [0, 0.05) is 35.4 Å². The van der Waals surface area contributed by atoms with Gasteiger partial charge in [0.2, 0.25) is 0 Å². The highest BCUT2D eigenvalue weighted by atomic mass is 19.1. The van der Waals surface area contributed by atoms with Gasteiger partial charge in [-0.3, -0.25) is 9.59 Å². The summed E-state index contributed by atoms with van der Waals surface area (Å²) < 4.78 is 24.3.